The molecule has 0 unspecified atom stereocenters. The molecule has 0 aliphatic rings. The Morgan fingerprint density at radius 3 is 2.42 bits per heavy atom. The minimum atomic E-state index is -0.415. The zero-order valence-electron chi connectivity index (χ0n) is 13.2. The summed E-state index contributed by atoms with van der Waals surface area (Å²) in [5.41, 5.74) is 1.88. The molecule has 2 aromatic carbocycles. The maximum Gasteiger partial charge on any atom is 0.269 e. The van der Waals surface area contributed by atoms with E-state index >= 15 is 0 Å². The van der Waals surface area contributed by atoms with Crippen LogP contribution in [-0.4, -0.2) is 24.7 Å². The first-order chi connectivity index (χ1) is 12.2. The largest absolute Gasteiger partial charge is 0.269 e. The van der Waals surface area contributed by atoms with Crippen molar-refractivity contribution in [2.75, 3.05) is 0 Å². The molecule has 0 spiro atoms. The van der Waals surface area contributed by atoms with Gasteiger partial charge in [0.05, 0.1) is 4.92 Å². The molecule has 9 heteroatoms. The van der Waals surface area contributed by atoms with Crippen LogP contribution in [0.1, 0.15) is 10.6 Å². The normalized spacial score (nSPS) is 10.9. The zero-order valence-corrected chi connectivity index (χ0v) is 14.9. The van der Waals surface area contributed by atoms with Gasteiger partial charge in [-0.05, 0) is 23.8 Å². The van der Waals surface area contributed by atoms with Crippen LogP contribution in [0.3, 0.4) is 0 Å². The fraction of sp³-hybridized carbons (Fsp3) is 0. The van der Waals surface area contributed by atoms with Gasteiger partial charge in [-0.1, -0.05) is 47.7 Å². The van der Waals surface area contributed by atoms with Crippen molar-refractivity contribution in [1.29, 1.82) is 0 Å². The Bertz CT molecular complexity index is 1070. The molecule has 0 bridgehead atoms. The number of nitro groups is 1. The first-order valence-electron chi connectivity index (χ1n) is 7.41. The number of nitrogens with zero attached hydrogens (tertiary/aromatic N) is 5. The summed E-state index contributed by atoms with van der Waals surface area (Å²) in [6, 6.07) is 16.1. The number of rotatable bonds is 4. The SMILES string of the molecule is Cl.O=[N+]([O-])c1ccc(/C=C/c2nn3c(-c4ccccc4)nnc3s2)cc1. The number of halogens is 1. The second kappa shape index (κ2) is 7.42. The number of hydrogen-bond donors (Lipinski definition) is 0. The van der Waals surface area contributed by atoms with Crippen LogP contribution in [0, 0.1) is 10.1 Å². The average molecular weight is 386 g/mol. The van der Waals surface area contributed by atoms with Gasteiger partial charge in [-0.15, -0.1) is 22.6 Å². The summed E-state index contributed by atoms with van der Waals surface area (Å²) in [6.45, 7) is 0. The van der Waals surface area contributed by atoms with E-state index in [-0.39, 0.29) is 18.1 Å². The predicted molar refractivity (Wildman–Crippen MR) is 103 cm³/mol. The highest BCUT2D eigenvalue weighted by Gasteiger charge is 2.11. The third-order valence-corrected chi connectivity index (χ3v) is 4.42. The van der Waals surface area contributed by atoms with E-state index in [1.807, 2.05) is 42.5 Å². The maximum atomic E-state index is 10.7. The smallest absolute Gasteiger partial charge is 0.258 e. The number of fused-ring (bicyclic) bond motifs is 1. The Morgan fingerprint density at radius 1 is 1.00 bits per heavy atom. The van der Waals surface area contributed by atoms with E-state index in [0.717, 1.165) is 16.1 Å². The van der Waals surface area contributed by atoms with Gasteiger partial charge in [0.15, 0.2) is 5.82 Å². The van der Waals surface area contributed by atoms with Gasteiger partial charge >= 0.3 is 0 Å². The Kier molecular flexibility index (Phi) is 5.06. The topological polar surface area (TPSA) is 86.2 Å². The lowest BCUT2D eigenvalue weighted by Gasteiger charge is -1.95. The molecule has 2 heterocycles. The van der Waals surface area contributed by atoms with E-state index in [1.54, 1.807) is 16.6 Å². The summed E-state index contributed by atoms with van der Waals surface area (Å²) in [4.78, 5) is 11.0. The van der Waals surface area contributed by atoms with Gasteiger partial charge in [-0.3, -0.25) is 10.1 Å². The molecular formula is C17H12ClN5O2S. The van der Waals surface area contributed by atoms with Crippen molar-refractivity contribution in [3.63, 3.8) is 0 Å². The Morgan fingerprint density at radius 2 is 1.73 bits per heavy atom. The van der Waals surface area contributed by atoms with Crippen molar-refractivity contribution in [2.24, 2.45) is 0 Å². The van der Waals surface area contributed by atoms with Crippen molar-refractivity contribution >= 4 is 46.5 Å². The predicted octanol–water partition coefficient (Wildman–Crippen LogP) is 4.35. The van der Waals surface area contributed by atoms with Crippen molar-refractivity contribution in [2.45, 2.75) is 0 Å². The number of benzene rings is 2. The molecule has 130 valence electrons. The summed E-state index contributed by atoms with van der Waals surface area (Å²) in [6.07, 6.45) is 3.72. The summed E-state index contributed by atoms with van der Waals surface area (Å²) in [7, 11) is 0. The zero-order chi connectivity index (χ0) is 17.2. The minimum Gasteiger partial charge on any atom is -0.258 e. The summed E-state index contributed by atoms with van der Waals surface area (Å²) in [5, 5.41) is 24.3. The molecule has 4 aromatic rings. The van der Waals surface area contributed by atoms with Gasteiger partial charge in [-0.25, -0.2) is 0 Å². The molecule has 0 radical (unpaired) electrons. The lowest BCUT2D eigenvalue weighted by Crippen LogP contribution is -1.90. The summed E-state index contributed by atoms with van der Waals surface area (Å²) in [5.74, 6) is 0.696. The summed E-state index contributed by atoms with van der Waals surface area (Å²) < 4.78 is 1.72. The van der Waals surface area contributed by atoms with E-state index in [4.69, 9.17) is 0 Å². The highest BCUT2D eigenvalue weighted by molar-refractivity contribution is 7.17. The van der Waals surface area contributed by atoms with Crippen molar-refractivity contribution in [1.82, 2.24) is 19.8 Å². The van der Waals surface area contributed by atoms with Gasteiger partial charge in [0.25, 0.3) is 5.69 Å². The van der Waals surface area contributed by atoms with Crippen LogP contribution in [0.15, 0.2) is 54.6 Å². The van der Waals surface area contributed by atoms with Gasteiger partial charge in [0, 0.05) is 17.7 Å². The quantitative estimate of drug-likeness (QED) is 0.385. The number of aromatic nitrogens is 4. The molecule has 0 amide bonds. The molecule has 26 heavy (non-hydrogen) atoms. The van der Waals surface area contributed by atoms with E-state index in [2.05, 4.69) is 15.3 Å². The standard InChI is InChI=1S/C17H11N5O2S.ClH/c23-22(24)14-9-6-12(7-10-14)8-11-15-20-21-16(18-19-17(21)25-15)13-4-2-1-3-5-13;/h1-11H;1H/b11-8+;. The van der Waals surface area contributed by atoms with Crippen LogP contribution in [0.25, 0.3) is 28.5 Å². The van der Waals surface area contributed by atoms with E-state index in [9.17, 15) is 10.1 Å². The average Bonchev–Trinajstić information content (AvgIpc) is 3.21. The lowest BCUT2D eigenvalue weighted by molar-refractivity contribution is -0.384. The highest BCUT2D eigenvalue weighted by atomic mass is 35.5. The van der Waals surface area contributed by atoms with Gasteiger partial charge in [0.2, 0.25) is 4.96 Å². The monoisotopic (exact) mass is 385 g/mol. The Labute approximate surface area is 158 Å². The fourth-order valence-corrected chi connectivity index (χ4v) is 3.08. The molecule has 0 aliphatic heterocycles. The molecule has 0 N–H and O–H groups in total. The van der Waals surface area contributed by atoms with Crippen molar-refractivity contribution < 1.29 is 4.92 Å². The second-order valence-corrected chi connectivity index (χ2v) is 6.19. The molecule has 2 aromatic heterocycles. The molecule has 0 aliphatic carbocycles. The third-order valence-electron chi connectivity index (χ3n) is 3.56. The van der Waals surface area contributed by atoms with E-state index in [1.165, 1.54) is 23.5 Å². The molecular weight excluding hydrogens is 374 g/mol. The van der Waals surface area contributed by atoms with Crippen LogP contribution < -0.4 is 0 Å². The van der Waals surface area contributed by atoms with Crippen LogP contribution in [0.4, 0.5) is 5.69 Å². The van der Waals surface area contributed by atoms with E-state index in [0.29, 0.717) is 10.8 Å². The first-order valence-corrected chi connectivity index (χ1v) is 8.22. The second-order valence-electron chi connectivity index (χ2n) is 5.21. The van der Waals surface area contributed by atoms with Gasteiger partial charge in [-0.2, -0.15) is 9.61 Å². The maximum absolute atomic E-state index is 10.7. The molecule has 4 rings (SSSR count). The van der Waals surface area contributed by atoms with Gasteiger partial charge in [0.1, 0.15) is 5.01 Å². The molecule has 0 atom stereocenters. The van der Waals surface area contributed by atoms with E-state index < -0.39 is 4.92 Å². The van der Waals surface area contributed by atoms with Crippen LogP contribution in [-0.2, 0) is 0 Å². The van der Waals surface area contributed by atoms with Crippen molar-refractivity contribution in [3.8, 4) is 11.4 Å². The highest BCUT2D eigenvalue weighted by Crippen LogP contribution is 2.22. The number of hydrogen-bond acceptors (Lipinski definition) is 6. The summed E-state index contributed by atoms with van der Waals surface area (Å²) >= 11 is 1.42. The first kappa shape index (κ1) is 17.7. The molecule has 0 saturated carbocycles. The molecule has 7 nitrogen and oxygen atoms in total. The van der Waals surface area contributed by atoms with Crippen molar-refractivity contribution in [3.05, 3.63) is 75.3 Å². The fourth-order valence-electron chi connectivity index (χ4n) is 2.34. The van der Waals surface area contributed by atoms with Crippen LogP contribution in [0.5, 0.6) is 0 Å². The Hall–Kier alpha value is -3.10. The molecule has 0 fully saturated rings. The van der Waals surface area contributed by atoms with Gasteiger partial charge < -0.3 is 0 Å². The minimum absolute atomic E-state index is 0. The number of non-ortho nitro benzene ring substituents is 1. The third kappa shape index (κ3) is 3.46. The van der Waals surface area contributed by atoms with Crippen LogP contribution in [0.2, 0.25) is 0 Å². The lowest BCUT2D eigenvalue weighted by atomic mass is 10.2. The van der Waals surface area contributed by atoms with Crippen LogP contribution >= 0.6 is 23.7 Å². The number of nitro benzene ring substituents is 1. The Balaban J connectivity index is 0.00000196. The molecule has 0 saturated heterocycles.